The molecule has 0 atom stereocenters. The normalized spacial score (nSPS) is 10.9. The second kappa shape index (κ2) is 4.83. The Kier molecular flexibility index (Phi) is 3.71. The van der Waals surface area contributed by atoms with E-state index >= 15 is 0 Å². The molecule has 0 aliphatic rings. The average molecular weight is 230 g/mol. The smallest absolute Gasteiger partial charge is 0.416 e. The first-order chi connectivity index (χ1) is 7.43. The minimum atomic E-state index is -4.36. The summed E-state index contributed by atoms with van der Waals surface area (Å²) < 4.78 is 41.6. The summed E-state index contributed by atoms with van der Waals surface area (Å²) in [4.78, 5) is 10.2. The number of hydrogen-bond donors (Lipinski definition) is 0. The van der Waals surface area contributed by atoms with Crippen molar-refractivity contribution in [3.63, 3.8) is 0 Å². The van der Waals surface area contributed by atoms with Crippen molar-refractivity contribution in [3.05, 3.63) is 42.0 Å². The number of halogens is 3. The molecule has 0 aliphatic heterocycles. The lowest BCUT2D eigenvalue weighted by molar-refractivity contribution is -0.137. The SMILES string of the molecule is C=C(C=O)COc1ccc(C(F)(F)F)cc1. The molecule has 0 saturated heterocycles. The molecule has 5 heteroatoms. The van der Waals surface area contributed by atoms with Gasteiger partial charge in [0.05, 0.1) is 5.56 Å². The number of carbonyl (C=O) groups excluding carboxylic acids is 1. The maximum Gasteiger partial charge on any atom is 0.416 e. The Balaban J connectivity index is 2.65. The van der Waals surface area contributed by atoms with Crippen LogP contribution in [-0.4, -0.2) is 12.9 Å². The molecule has 0 aliphatic carbocycles. The van der Waals surface area contributed by atoms with Crippen LogP contribution >= 0.6 is 0 Å². The first-order valence-electron chi connectivity index (χ1n) is 4.36. The van der Waals surface area contributed by atoms with Crippen molar-refractivity contribution in [1.29, 1.82) is 0 Å². The third kappa shape index (κ3) is 3.42. The van der Waals surface area contributed by atoms with Crippen LogP contribution in [0, 0.1) is 0 Å². The van der Waals surface area contributed by atoms with E-state index in [0.29, 0.717) is 6.29 Å². The van der Waals surface area contributed by atoms with Crippen LogP contribution in [0.1, 0.15) is 5.56 Å². The molecule has 1 aromatic carbocycles. The molecule has 86 valence electrons. The van der Waals surface area contributed by atoms with Crippen molar-refractivity contribution in [1.82, 2.24) is 0 Å². The lowest BCUT2D eigenvalue weighted by Gasteiger charge is -2.08. The number of aldehydes is 1. The van der Waals surface area contributed by atoms with Crippen molar-refractivity contribution in [2.75, 3.05) is 6.61 Å². The average Bonchev–Trinajstić information content (AvgIpc) is 2.25. The van der Waals surface area contributed by atoms with E-state index in [1.54, 1.807) is 0 Å². The minimum Gasteiger partial charge on any atom is -0.489 e. The quantitative estimate of drug-likeness (QED) is 0.587. The van der Waals surface area contributed by atoms with Crippen molar-refractivity contribution in [3.8, 4) is 5.75 Å². The molecule has 0 aromatic heterocycles. The monoisotopic (exact) mass is 230 g/mol. The first kappa shape index (κ1) is 12.3. The van der Waals surface area contributed by atoms with Crippen LogP contribution in [0.2, 0.25) is 0 Å². The summed E-state index contributed by atoms with van der Waals surface area (Å²) in [5.41, 5.74) is -0.519. The number of benzene rings is 1. The zero-order valence-electron chi connectivity index (χ0n) is 8.25. The molecule has 0 unspecified atom stereocenters. The first-order valence-corrected chi connectivity index (χ1v) is 4.36. The van der Waals surface area contributed by atoms with Crippen LogP contribution in [0.5, 0.6) is 5.75 Å². The number of carbonyl (C=O) groups is 1. The Morgan fingerprint density at radius 3 is 2.31 bits per heavy atom. The number of ether oxygens (including phenoxy) is 1. The molecular weight excluding hydrogens is 221 g/mol. The lowest BCUT2D eigenvalue weighted by Crippen LogP contribution is -2.05. The Morgan fingerprint density at radius 2 is 1.88 bits per heavy atom. The van der Waals surface area contributed by atoms with Crippen LogP contribution in [0.25, 0.3) is 0 Å². The van der Waals surface area contributed by atoms with E-state index in [9.17, 15) is 18.0 Å². The molecule has 1 aromatic rings. The predicted molar refractivity (Wildman–Crippen MR) is 52.1 cm³/mol. The highest BCUT2D eigenvalue weighted by atomic mass is 19.4. The molecule has 0 spiro atoms. The molecule has 0 amide bonds. The Hall–Kier alpha value is -1.78. The van der Waals surface area contributed by atoms with Crippen molar-refractivity contribution in [2.45, 2.75) is 6.18 Å². The van der Waals surface area contributed by atoms with E-state index in [4.69, 9.17) is 4.74 Å². The van der Waals surface area contributed by atoms with Gasteiger partial charge in [0.1, 0.15) is 18.6 Å². The minimum absolute atomic E-state index is 0.0329. The summed E-state index contributed by atoms with van der Waals surface area (Å²) in [6.45, 7) is 3.34. The third-order valence-electron chi connectivity index (χ3n) is 1.77. The summed E-state index contributed by atoms with van der Waals surface area (Å²) in [5, 5.41) is 0. The van der Waals surface area contributed by atoms with Crippen LogP contribution in [0.3, 0.4) is 0 Å². The van der Waals surface area contributed by atoms with E-state index < -0.39 is 11.7 Å². The maximum atomic E-state index is 12.2. The van der Waals surface area contributed by atoms with E-state index in [1.165, 1.54) is 12.1 Å². The zero-order valence-corrected chi connectivity index (χ0v) is 8.25. The molecular formula is C11H9F3O2. The highest BCUT2D eigenvalue weighted by molar-refractivity contribution is 5.72. The summed E-state index contributed by atoms with van der Waals surface area (Å²) in [6.07, 6.45) is -3.82. The van der Waals surface area contributed by atoms with Gasteiger partial charge in [0.15, 0.2) is 0 Å². The van der Waals surface area contributed by atoms with Crippen molar-refractivity contribution in [2.24, 2.45) is 0 Å². The maximum absolute atomic E-state index is 12.2. The molecule has 1 rings (SSSR count). The number of alkyl halides is 3. The molecule has 0 saturated carbocycles. The molecule has 0 N–H and O–H groups in total. The Bertz CT molecular complexity index is 379. The van der Waals surface area contributed by atoms with Crippen molar-refractivity contribution >= 4 is 6.29 Å². The fraction of sp³-hybridized carbons (Fsp3) is 0.182. The molecule has 0 bridgehead atoms. The summed E-state index contributed by atoms with van der Waals surface area (Å²) in [7, 11) is 0. The Labute approximate surface area is 90.3 Å². The molecule has 0 fully saturated rings. The topological polar surface area (TPSA) is 26.3 Å². The van der Waals surface area contributed by atoms with Gasteiger partial charge in [-0.25, -0.2) is 0 Å². The third-order valence-corrected chi connectivity index (χ3v) is 1.77. The van der Waals surface area contributed by atoms with Gasteiger partial charge in [-0.15, -0.1) is 0 Å². The van der Waals surface area contributed by atoms with E-state index in [0.717, 1.165) is 12.1 Å². The van der Waals surface area contributed by atoms with Crippen LogP contribution in [0.15, 0.2) is 36.4 Å². The second-order valence-electron chi connectivity index (χ2n) is 3.09. The van der Waals surface area contributed by atoms with Crippen LogP contribution in [0.4, 0.5) is 13.2 Å². The van der Waals surface area contributed by atoms with Gasteiger partial charge < -0.3 is 4.74 Å². The molecule has 2 nitrogen and oxygen atoms in total. The number of hydrogen-bond acceptors (Lipinski definition) is 2. The second-order valence-corrected chi connectivity index (χ2v) is 3.09. The summed E-state index contributed by atoms with van der Waals surface area (Å²) >= 11 is 0. The van der Waals surface area contributed by atoms with Gasteiger partial charge in [-0.3, -0.25) is 4.79 Å². The van der Waals surface area contributed by atoms with Crippen LogP contribution < -0.4 is 4.74 Å². The van der Waals surface area contributed by atoms with Crippen molar-refractivity contribution < 1.29 is 22.7 Å². The summed E-state index contributed by atoms with van der Waals surface area (Å²) in [6, 6.07) is 4.22. The standard InChI is InChI=1S/C11H9F3O2/c1-8(6-15)7-16-10-4-2-9(3-5-10)11(12,13)14/h2-6H,1,7H2. The van der Waals surface area contributed by atoms with Gasteiger partial charge in [-0.05, 0) is 24.3 Å². The largest absolute Gasteiger partial charge is 0.489 e. The van der Waals surface area contributed by atoms with Gasteiger partial charge in [0.2, 0.25) is 0 Å². The van der Waals surface area contributed by atoms with Gasteiger partial charge in [-0.1, -0.05) is 6.58 Å². The van der Waals surface area contributed by atoms with Gasteiger partial charge in [0.25, 0.3) is 0 Å². The van der Waals surface area contributed by atoms with Crippen LogP contribution in [-0.2, 0) is 11.0 Å². The highest BCUT2D eigenvalue weighted by Crippen LogP contribution is 2.30. The summed E-state index contributed by atoms with van der Waals surface area (Å²) in [5.74, 6) is 0.260. The van der Waals surface area contributed by atoms with Gasteiger partial charge >= 0.3 is 6.18 Å². The highest BCUT2D eigenvalue weighted by Gasteiger charge is 2.29. The van der Waals surface area contributed by atoms with E-state index in [-0.39, 0.29) is 17.9 Å². The Morgan fingerprint density at radius 1 is 1.31 bits per heavy atom. The fourth-order valence-corrected chi connectivity index (χ4v) is 0.950. The lowest BCUT2D eigenvalue weighted by atomic mass is 10.2. The zero-order chi connectivity index (χ0) is 12.2. The van der Waals surface area contributed by atoms with E-state index in [2.05, 4.69) is 6.58 Å². The fourth-order valence-electron chi connectivity index (χ4n) is 0.950. The predicted octanol–water partition coefficient (Wildman–Crippen LogP) is 2.84. The molecule has 0 heterocycles. The van der Waals surface area contributed by atoms with Gasteiger partial charge in [-0.2, -0.15) is 13.2 Å². The number of rotatable bonds is 4. The van der Waals surface area contributed by atoms with E-state index in [1.807, 2.05) is 0 Å². The molecule has 0 radical (unpaired) electrons. The van der Waals surface area contributed by atoms with Gasteiger partial charge in [0, 0.05) is 5.57 Å². The molecule has 16 heavy (non-hydrogen) atoms.